The van der Waals surface area contributed by atoms with Crippen molar-refractivity contribution in [3.63, 3.8) is 0 Å². The molecule has 9 nitrogen and oxygen atoms in total. The van der Waals surface area contributed by atoms with Gasteiger partial charge in [0.15, 0.2) is 11.8 Å². The van der Waals surface area contributed by atoms with E-state index < -0.39 is 12.5 Å². The quantitative estimate of drug-likeness (QED) is 0.161. The molecule has 2 N–H and O–H groups in total. The van der Waals surface area contributed by atoms with E-state index >= 15 is 0 Å². The van der Waals surface area contributed by atoms with Crippen molar-refractivity contribution in [1.82, 2.24) is 29.7 Å². The first kappa shape index (κ1) is 33.8. The number of aliphatic imine (C=N–C) groups is 1. The molecule has 2 bridgehead atoms. The molecule has 0 radical (unpaired) electrons. The summed E-state index contributed by atoms with van der Waals surface area (Å²) in [5.41, 5.74) is 2.51. The number of aromatic nitrogens is 4. The van der Waals surface area contributed by atoms with Gasteiger partial charge in [-0.25, -0.2) is 23.7 Å². The van der Waals surface area contributed by atoms with E-state index in [9.17, 15) is 13.6 Å². The number of piperazine rings is 1. The maximum atomic E-state index is 14.0. The van der Waals surface area contributed by atoms with Gasteiger partial charge in [0.25, 0.3) is 12.0 Å². The maximum Gasteiger partial charge on any atom is 0.261 e. The van der Waals surface area contributed by atoms with Crippen molar-refractivity contribution in [2.24, 2.45) is 28.2 Å². The van der Waals surface area contributed by atoms with Crippen LogP contribution in [-0.4, -0.2) is 68.5 Å². The Morgan fingerprint density at radius 3 is 2.71 bits per heavy atom. The van der Waals surface area contributed by atoms with E-state index in [1.165, 1.54) is 6.42 Å². The Labute approximate surface area is 294 Å². The van der Waals surface area contributed by atoms with E-state index in [1.807, 2.05) is 23.1 Å². The molecule has 1 aliphatic heterocycles. The molecule has 4 aromatic rings. The van der Waals surface area contributed by atoms with E-state index in [1.54, 1.807) is 41.4 Å². The predicted molar refractivity (Wildman–Crippen MR) is 191 cm³/mol. The zero-order chi connectivity index (χ0) is 34.4. The average molecular weight is 710 g/mol. The van der Waals surface area contributed by atoms with Crippen LogP contribution in [0, 0.1) is 23.2 Å². The van der Waals surface area contributed by atoms with Crippen LogP contribution >= 0.6 is 23.2 Å². The van der Waals surface area contributed by atoms with Crippen LogP contribution in [0.5, 0.6) is 0 Å². The Balaban J connectivity index is 1.24. The van der Waals surface area contributed by atoms with Gasteiger partial charge in [-0.15, -0.1) is 0 Å². The molecule has 1 unspecified atom stereocenters. The monoisotopic (exact) mass is 708 g/mol. The van der Waals surface area contributed by atoms with E-state index in [0.717, 1.165) is 12.0 Å². The number of aryl methyl sites for hydroxylation is 1. The molecule has 49 heavy (non-hydrogen) atoms. The van der Waals surface area contributed by atoms with Gasteiger partial charge in [-0.3, -0.25) is 14.3 Å². The SMILES string of the molecule is C[C@@H]1C(/N=C(/Nc2ccc3c(=O)n(CCc4ccc(Cl)cc4Cl)c(-c4cnccn4)nc3c2)N2CCN[C@@H](C(F)F)C2)C[C@H]2C[C@@H]1C2(C)C. The van der Waals surface area contributed by atoms with Crippen molar-refractivity contribution in [3.05, 3.63) is 81.0 Å². The molecule has 258 valence electrons. The average Bonchev–Trinajstić information content (AvgIpc) is 3.09. The summed E-state index contributed by atoms with van der Waals surface area (Å²) < 4.78 is 29.3. The number of anilines is 1. The summed E-state index contributed by atoms with van der Waals surface area (Å²) >= 11 is 12.5. The molecule has 0 amide bonds. The van der Waals surface area contributed by atoms with Crippen molar-refractivity contribution >= 4 is 45.8 Å². The van der Waals surface area contributed by atoms with E-state index in [-0.39, 0.29) is 18.1 Å². The highest BCUT2D eigenvalue weighted by Crippen LogP contribution is 2.61. The minimum absolute atomic E-state index is 0.0855. The number of halogens is 4. The number of nitrogens with one attached hydrogen (secondary N) is 2. The summed E-state index contributed by atoms with van der Waals surface area (Å²) in [6.45, 7) is 8.38. The van der Waals surface area contributed by atoms with Gasteiger partial charge in [0.2, 0.25) is 0 Å². The fourth-order valence-corrected chi connectivity index (χ4v) is 8.49. The number of guanidine groups is 1. The lowest BCUT2D eigenvalue weighted by Gasteiger charge is -2.61. The van der Waals surface area contributed by atoms with Crippen molar-refractivity contribution in [2.75, 3.05) is 25.0 Å². The second-order valence-corrected chi connectivity index (χ2v) is 15.0. The Bertz CT molecular complexity index is 1940. The van der Waals surface area contributed by atoms with Crippen LogP contribution < -0.4 is 16.2 Å². The van der Waals surface area contributed by atoms with Gasteiger partial charge >= 0.3 is 0 Å². The standard InChI is InChI=1S/C36H40Cl2F2N8O/c1-20-26-14-22(36(26,2)3)15-28(20)46-35(47-13-11-43-31(19-47)32(39)40)44-24-6-7-25-29(17-24)45-33(30-18-41-9-10-42-30)48(34(25)49)12-8-21-4-5-23(37)16-27(21)38/h4-7,9-10,16-18,20,22,26,28,31-32,43H,8,11-15,19H2,1-3H3,(H,44,46)/t20-,22+,26-,28?,31+/m0/s1. The molecule has 2 aromatic heterocycles. The lowest BCUT2D eigenvalue weighted by Crippen LogP contribution is -2.58. The first-order valence-corrected chi connectivity index (χ1v) is 17.6. The number of rotatable bonds is 7. The lowest BCUT2D eigenvalue weighted by atomic mass is 9.45. The maximum absolute atomic E-state index is 14.0. The third kappa shape index (κ3) is 6.65. The Morgan fingerprint density at radius 2 is 2.00 bits per heavy atom. The molecule has 3 heterocycles. The summed E-state index contributed by atoms with van der Waals surface area (Å²) in [6.07, 6.45) is 4.88. The van der Waals surface area contributed by atoms with Gasteiger partial charge in [-0.05, 0) is 78.3 Å². The number of fused-ring (bicyclic) bond motifs is 3. The number of alkyl halides is 2. The topological polar surface area (TPSA) is 100 Å². The van der Waals surface area contributed by atoms with Crippen molar-refractivity contribution in [3.8, 4) is 11.5 Å². The highest BCUT2D eigenvalue weighted by atomic mass is 35.5. The smallest absolute Gasteiger partial charge is 0.261 e. The highest BCUT2D eigenvalue weighted by molar-refractivity contribution is 6.35. The normalized spacial score (nSPS) is 25.0. The predicted octanol–water partition coefficient (Wildman–Crippen LogP) is 6.78. The number of hydrogen-bond donors (Lipinski definition) is 2. The third-order valence-corrected chi connectivity index (χ3v) is 11.6. The molecular formula is C36H40Cl2F2N8O. The Morgan fingerprint density at radius 1 is 1.16 bits per heavy atom. The summed E-state index contributed by atoms with van der Waals surface area (Å²) in [4.78, 5) is 34.8. The Kier molecular flexibility index (Phi) is 9.36. The third-order valence-electron chi connectivity index (χ3n) is 11.0. The molecule has 0 spiro atoms. The summed E-state index contributed by atoms with van der Waals surface area (Å²) in [7, 11) is 0. The number of nitrogens with zero attached hydrogens (tertiary/aromatic N) is 6. The highest BCUT2D eigenvalue weighted by Gasteiger charge is 2.56. The second kappa shape index (κ2) is 13.6. The van der Waals surface area contributed by atoms with Gasteiger partial charge in [-0.2, -0.15) is 0 Å². The molecule has 2 aromatic carbocycles. The summed E-state index contributed by atoms with van der Waals surface area (Å²) in [5.74, 6) is 2.51. The fourth-order valence-electron chi connectivity index (χ4n) is 7.98. The molecule has 5 atom stereocenters. The molecule has 4 aliphatic rings. The van der Waals surface area contributed by atoms with E-state index in [4.69, 9.17) is 33.2 Å². The van der Waals surface area contributed by atoms with Crippen LogP contribution in [0.3, 0.4) is 0 Å². The molecule has 3 saturated carbocycles. The zero-order valence-electron chi connectivity index (χ0n) is 27.7. The summed E-state index contributed by atoms with van der Waals surface area (Å²) in [6, 6.07) is 9.81. The van der Waals surface area contributed by atoms with Gasteiger partial charge < -0.3 is 15.5 Å². The van der Waals surface area contributed by atoms with Gasteiger partial charge in [0.1, 0.15) is 5.69 Å². The largest absolute Gasteiger partial charge is 0.340 e. The van der Waals surface area contributed by atoms with Crippen molar-refractivity contribution < 1.29 is 8.78 Å². The molecule has 4 fully saturated rings. The van der Waals surface area contributed by atoms with Crippen LogP contribution in [0.25, 0.3) is 22.4 Å². The zero-order valence-corrected chi connectivity index (χ0v) is 29.2. The summed E-state index contributed by atoms with van der Waals surface area (Å²) in [5, 5.41) is 7.91. The van der Waals surface area contributed by atoms with Crippen molar-refractivity contribution in [1.29, 1.82) is 0 Å². The Hall–Kier alpha value is -3.67. The van der Waals surface area contributed by atoms with Gasteiger partial charge in [-0.1, -0.05) is 50.0 Å². The minimum atomic E-state index is -2.49. The van der Waals surface area contributed by atoms with Crippen LogP contribution in [0.1, 0.15) is 39.2 Å². The van der Waals surface area contributed by atoms with Crippen LogP contribution in [0.4, 0.5) is 14.5 Å². The second-order valence-electron chi connectivity index (χ2n) is 14.1. The number of hydrogen-bond acceptors (Lipinski definition) is 6. The fraction of sp³-hybridized carbons (Fsp3) is 0.472. The van der Waals surface area contributed by atoms with Crippen LogP contribution in [0.15, 0.2) is 64.8 Å². The molecule has 3 aliphatic carbocycles. The van der Waals surface area contributed by atoms with Crippen LogP contribution in [-0.2, 0) is 13.0 Å². The molecular weight excluding hydrogens is 669 g/mol. The van der Waals surface area contributed by atoms with Crippen molar-refractivity contribution in [2.45, 2.75) is 65.1 Å². The number of benzene rings is 2. The molecule has 8 rings (SSSR count). The molecule has 13 heteroatoms. The van der Waals surface area contributed by atoms with Gasteiger partial charge in [0.05, 0.1) is 29.2 Å². The first-order chi connectivity index (χ1) is 23.5. The molecule has 1 saturated heterocycles. The van der Waals surface area contributed by atoms with E-state index in [0.29, 0.717) is 93.3 Å². The first-order valence-electron chi connectivity index (χ1n) is 16.9. The van der Waals surface area contributed by atoms with Crippen LogP contribution in [0.2, 0.25) is 10.0 Å². The van der Waals surface area contributed by atoms with E-state index in [2.05, 4.69) is 41.4 Å². The lowest BCUT2D eigenvalue weighted by molar-refractivity contribution is -0.108. The van der Waals surface area contributed by atoms with Gasteiger partial charge in [0, 0.05) is 54.3 Å². The minimum Gasteiger partial charge on any atom is -0.340 e.